The first-order valence-electron chi connectivity index (χ1n) is 8.39. The van der Waals surface area contributed by atoms with Gasteiger partial charge in [0.15, 0.2) is 6.10 Å². The Morgan fingerprint density at radius 3 is 2.54 bits per heavy atom. The van der Waals surface area contributed by atoms with Gasteiger partial charge < -0.3 is 9.47 Å². The number of aryl methyl sites for hydroxylation is 2. The van der Waals surface area contributed by atoms with Crippen LogP contribution in [0.2, 0.25) is 0 Å². The third-order valence-electron chi connectivity index (χ3n) is 4.35. The number of methoxy groups -OCH3 is 1. The Kier molecular flexibility index (Phi) is 4.80. The van der Waals surface area contributed by atoms with Crippen LogP contribution in [0.5, 0.6) is 5.75 Å². The van der Waals surface area contributed by atoms with Crippen LogP contribution in [-0.4, -0.2) is 29.7 Å². The lowest BCUT2D eigenvalue weighted by Crippen LogP contribution is -2.29. The van der Waals surface area contributed by atoms with Crippen LogP contribution in [0, 0.1) is 13.8 Å². The molecule has 0 N–H and O–H groups in total. The van der Waals surface area contributed by atoms with Gasteiger partial charge >= 0.3 is 5.97 Å². The molecule has 0 bridgehead atoms. The summed E-state index contributed by atoms with van der Waals surface area (Å²) in [6, 6.07) is 13.1. The van der Waals surface area contributed by atoms with Crippen molar-refractivity contribution in [2.45, 2.75) is 26.9 Å². The minimum Gasteiger partial charge on any atom is -0.481 e. The summed E-state index contributed by atoms with van der Waals surface area (Å²) >= 11 is 0. The second kappa shape index (κ2) is 7.04. The normalized spacial score (nSPS) is 12.0. The second-order valence-corrected chi connectivity index (χ2v) is 6.29. The highest BCUT2D eigenvalue weighted by molar-refractivity contribution is 6.07. The molecule has 0 saturated heterocycles. The van der Waals surface area contributed by atoms with E-state index in [0.29, 0.717) is 22.2 Å². The van der Waals surface area contributed by atoms with E-state index in [2.05, 4.69) is 0 Å². The highest BCUT2D eigenvalue weighted by Gasteiger charge is 2.23. The zero-order valence-corrected chi connectivity index (χ0v) is 15.3. The molecule has 5 heteroatoms. The molecule has 0 amide bonds. The lowest BCUT2D eigenvalue weighted by atomic mass is 10.1. The first kappa shape index (κ1) is 17.7. The molecule has 0 radical (unpaired) electrons. The van der Waals surface area contributed by atoms with E-state index in [-0.39, 0.29) is 5.91 Å². The molecule has 1 unspecified atom stereocenters. The largest absolute Gasteiger partial charge is 0.481 e. The van der Waals surface area contributed by atoms with Gasteiger partial charge in [-0.3, -0.25) is 9.36 Å². The zero-order valence-electron chi connectivity index (χ0n) is 15.3. The first-order valence-corrected chi connectivity index (χ1v) is 8.39. The lowest BCUT2D eigenvalue weighted by Gasteiger charge is -2.16. The molecule has 0 saturated carbocycles. The number of esters is 1. The molecule has 0 spiro atoms. The fourth-order valence-corrected chi connectivity index (χ4v) is 2.91. The number of hydrogen-bond donors (Lipinski definition) is 0. The molecule has 0 aliphatic carbocycles. The maximum Gasteiger partial charge on any atom is 0.340 e. The van der Waals surface area contributed by atoms with E-state index >= 15 is 0 Å². The number of nitrogens with zero attached hydrogens (tertiary/aromatic N) is 1. The van der Waals surface area contributed by atoms with E-state index in [0.717, 1.165) is 11.1 Å². The monoisotopic (exact) mass is 351 g/mol. The fraction of sp³-hybridized carbons (Fsp3) is 0.238. The van der Waals surface area contributed by atoms with Crippen LogP contribution in [0.1, 0.15) is 33.2 Å². The van der Waals surface area contributed by atoms with Gasteiger partial charge in [-0.25, -0.2) is 4.79 Å². The van der Waals surface area contributed by atoms with Gasteiger partial charge in [0.2, 0.25) is 0 Å². The number of hydrogen-bond acceptors (Lipinski definition) is 4. The minimum absolute atomic E-state index is 0.253. The predicted molar refractivity (Wildman–Crippen MR) is 99.9 cm³/mol. The minimum atomic E-state index is -0.711. The van der Waals surface area contributed by atoms with Crippen molar-refractivity contribution in [2.75, 3.05) is 7.11 Å². The Morgan fingerprint density at radius 2 is 1.81 bits per heavy atom. The van der Waals surface area contributed by atoms with Crippen molar-refractivity contribution in [3.63, 3.8) is 0 Å². The van der Waals surface area contributed by atoms with E-state index in [1.807, 2.05) is 44.2 Å². The zero-order chi connectivity index (χ0) is 18.8. The summed E-state index contributed by atoms with van der Waals surface area (Å²) < 4.78 is 12.2. The lowest BCUT2D eigenvalue weighted by molar-refractivity contribution is 0.0602. The molecule has 0 aliphatic rings. The van der Waals surface area contributed by atoms with Gasteiger partial charge in [0.1, 0.15) is 5.75 Å². The van der Waals surface area contributed by atoms with Gasteiger partial charge in [0.25, 0.3) is 5.91 Å². The highest BCUT2D eigenvalue weighted by Crippen LogP contribution is 2.24. The van der Waals surface area contributed by atoms with Crippen LogP contribution >= 0.6 is 0 Å². The van der Waals surface area contributed by atoms with Crippen molar-refractivity contribution in [1.29, 1.82) is 0 Å². The number of aromatic nitrogens is 1. The number of ether oxygens (including phenoxy) is 2. The van der Waals surface area contributed by atoms with Crippen LogP contribution < -0.4 is 4.74 Å². The van der Waals surface area contributed by atoms with Crippen LogP contribution in [0.3, 0.4) is 0 Å². The van der Waals surface area contributed by atoms with Crippen molar-refractivity contribution < 1.29 is 19.1 Å². The Balaban J connectivity index is 1.97. The van der Waals surface area contributed by atoms with E-state index in [1.54, 1.807) is 19.1 Å². The molecule has 1 atom stereocenters. The number of carbonyl (C=O) groups is 2. The van der Waals surface area contributed by atoms with E-state index < -0.39 is 12.1 Å². The maximum absolute atomic E-state index is 13.0. The SMILES string of the molecule is COC(=O)c1cn(C(=O)C(C)Oc2cc(C)ccc2C)c2ccccc12. The highest BCUT2D eigenvalue weighted by atomic mass is 16.5. The van der Waals surface area contributed by atoms with E-state index in [1.165, 1.54) is 17.9 Å². The third kappa shape index (κ3) is 3.20. The Bertz CT molecular complexity index is 987. The van der Waals surface area contributed by atoms with Crippen LogP contribution in [0.15, 0.2) is 48.7 Å². The van der Waals surface area contributed by atoms with Gasteiger partial charge in [-0.15, -0.1) is 0 Å². The van der Waals surface area contributed by atoms with Gasteiger partial charge in [0.05, 0.1) is 18.2 Å². The molecule has 3 rings (SSSR count). The smallest absolute Gasteiger partial charge is 0.340 e. The van der Waals surface area contributed by atoms with Crippen LogP contribution in [0.25, 0.3) is 10.9 Å². The van der Waals surface area contributed by atoms with Gasteiger partial charge in [-0.1, -0.05) is 30.3 Å². The maximum atomic E-state index is 13.0. The fourth-order valence-electron chi connectivity index (χ4n) is 2.91. The quantitative estimate of drug-likeness (QED) is 0.663. The summed E-state index contributed by atoms with van der Waals surface area (Å²) in [6.45, 7) is 5.62. The average molecular weight is 351 g/mol. The number of carbonyl (C=O) groups excluding carboxylic acids is 2. The second-order valence-electron chi connectivity index (χ2n) is 6.29. The molecule has 0 fully saturated rings. The van der Waals surface area contributed by atoms with E-state index in [9.17, 15) is 9.59 Å². The molecule has 1 aromatic heterocycles. The molecule has 3 aromatic rings. The molecule has 5 nitrogen and oxygen atoms in total. The van der Waals surface area contributed by atoms with Crippen molar-refractivity contribution in [2.24, 2.45) is 0 Å². The molecule has 134 valence electrons. The average Bonchev–Trinajstić information content (AvgIpc) is 3.03. The van der Waals surface area contributed by atoms with Crippen molar-refractivity contribution in [3.05, 3.63) is 65.4 Å². The Labute approximate surface area is 152 Å². The standard InChI is InChI=1S/C21H21NO4/c1-13-9-10-14(2)19(11-13)26-15(3)20(23)22-12-17(21(24)25-4)16-7-5-6-8-18(16)22/h5-12,15H,1-4H3. The molecule has 2 aromatic carbocycles. The summed E-state index contributed by atoms with van der Waals surface area (Å²) in [6.07, 6.45) is 0.804. The summed E-state index contributed by atoms with van der Waals surface area (Å²) in [5, 5.41) is 0.673. The van der Waals surface area contributed by atoms with Crippen LogP contribution in [-0.2, 0) is 4.74 Å². The van der Waals surface area contributed by atoms with Crippen molar-refractivity contribution in [1.82, 2.24) is 4.57 Å². The number of rotatable bonds is 4. The predicted octanol–water partition coefficient (Wildman–Crippen LogP) is 4.15. The molecule has 26 heavy (non-hydrogen) atoms. The molecular formula is C21H21NO4. The Morgan fingerprint density at radius 1 is 1.08 bits per heavy atom. The molecular weight excluding hydrogens is 330 g/mol. The molecule has 0 aliphatic heterocycles. The first-order chi connectivity index (χ1) is 12.4. The molecule has 1 heterocycles. The number of fused-ring (bicyclic) bond motifs is 1. The summed E-state index contributed by atoms with van der Waals surface area (Å²) in [4.78, 5) is 25.0. The van der Waals surface area contributed by atoms with Gasteiger partial charge in [-0.2, -0.15) is 0 Å². The summed E-state index contributed by atoms with van der Waals surface area (Å²) in [7, 11) is 1.32. The third-order valence-corrected chi connectivity index (χ3v) is 4.35. The van der Waals surface area contributed by atoms with Gasteiger partial charge in [-0.05, 0) is 44.0 Å². The van der Waals surface area contributed by atoms with E-state index in [4.69, 9.17) is 9.47 Å². The summed E-state index contributed by atoms with van der Waals surface area (Å²) in [5.74, 6) is -0.0522. The number of benzene rings is 2. The topological polar surface area (TPSA) is 57.5 Å². The van der Waals surface area contributed by atoms with Gasteiger partial charge in [0, 0.05) is 11.6 Å². The van der Waals surface area contributed by atoms with Crippen LogP contribution in [0.4, 0.5) is 0 Å². The van der Waals surface area contributed by atoms with Crippen molar-refractivity contribution in [3.8, 4) is 5.75 Å². The Hall–Kier alpha value is -3.08. The summed E-state index contributed by atoms with van der Waals surface area (Å²) in [5.41, 5.74) is 3.03. The van der Waals surface area contributed by atoms with Crippen molar-refractivity contribution >= 4 is 22.8 Å². The number of para-hydroxylation sites is 1.